The molecule has 0 aliphatic heterocycles. The fourth-order valence-electron chi connectivity index (χ4n) is 3.89. The first-order chi connectivity index (χ1) is 14.0. The summed E-state index contributed by atoms with van der Waals surface area (Å²) in [4.78, 5) is 0. The summed E-state index contributed by atoms with van der Waals surface area (Å²) < 4.78 is 19.2. The van der Waals surface area contributed by atoms with E-state index in [1.165, 1.54) is 16.7 Å². The van der Waals surface area contributed by atoms with Crippen LogP contribution in [0.3, 0.4) is 0 Å². The van der Waals surface area contributed by atoms with E-state index >= 15 is 0 Å². The summed E-state index contributed by atoms with van der Waals surface area (Å²) in [5, 5.41) is 2.89. The van der Waals surface area contributed by atoms with Gasteiger partial charge in [0.1, 0.15) is 0 Å². The predicted octanol–water partition coefficient (Wildman–Crippen LogP) is 8.51. The van der Waals surface area contributed by atoms with E-state index in [0.29, 0.717) is 0 Å². The number of fused-ring (bicyclic) bond motifs is 3. The Hall–Kier alpha value is -2.44. The summed E-state index contributed by atoms with van der Waals surface area (Å²) in [6, 6.07) is 21.2. The van der Waals surface area contributed by atoms with E-state index in [-0.39, 0.29) is 10.8 Å². The van der Waals surface area contributed by atoms with E-state index in [0.717, 1.165) is 33.5 Å². The highest BCUT2D eigenvalue weighted by Gasteiger charge is 2.25. The van der Waals surface area contributed by atoms with Crippen LogP contribution in [-0.4, -0.2) is 0 Å². The average Bonchev–Trinajstić information content (AvgIpc) is 2.67. The third kappa shape index (κ3) is 3.94. The molecule has 0 aliphatic carbocycles. The smallest absolute Gasteiger partial charge is 0.249 e. The third-order valence-electron chi connectivity index (χ3n) is 5.79. The Morgan fingerprint density at radius 2 is 1.43 bits per heavy atom. The van der Waals surface area contributed by atoms with Gasteiger partial charge in [-0.05, 0) is 50.3 Å². The Kier molecular flexibility index (Phi) is 5.11. The Balaban J connectivity index is 2.05. The van der Waals surface area contributed by atoms with Gasteiger partial charge < -0.3 is 0 Å². The van der Waals surface area contributed by atoms with Crippen LogP contribution in [0.1, 0.15) is 63.8 Å². The lowest BCUT2D eigenvalue weighted by Gasteiger charge is -2.21. The van der Waals surface area contributed by atoms with E-state index in [1.54, 1.807) is 0 Å². The zero-order valence-corrected chi connectivity index (χ0v) is 19.6. The zero-order chi connectivity index (χ0) is 21.7. The first kappa shape index (κ1) is 20.8. The van der Waals surface area contributed by atoms with Crippen LogP contribution in [-0.2, 0) is 21.8 Å². The number of rotatable bonds is 2. The fraction of sp³-hybridized carbons (Fsp3) is 0.333. The summed E-state index contributed by atoms with van der Waals surface area (Å²) in [7, 11) is -1.94. The SMILES string of the molecule is CC(C)(C)c1cc(Cc2ccccc2)c2o[p+](=O)c3cc(C(C)(C)C)ccc3c2c1. The standard InChI is InChI=1S/C27H30O2P/c1-26(2,3)20-12-13-22-23-16-21(27(4,5)6)15-19(14-18-10-8-7-9-11-18)25(23)29-30(28)24(22)17-20/h7-13,15-17H,14H2,1-6H3/q+1. The average molecular weight is 418 g/mol. The summed E-state index contributed by atoms with van der Waals surface area (Å²) in [6.45, 7) is 13.2. The maximum atomic E-state index is 13.1. The van der Waals surface area contributed by atoms with Crippen LogP contribution in [0.5, 0.6) is 0 Å². The van der Waals surface area contributed by atoms with Crippen LogP contribution in [0, 0.1) is 0 Å². The van der Waals surface area contributed by atoms with Gasteiger partial charge in [-0.1, -0.05) is 84.0 Å². The van der Waals surface area contributed by atoms with Crippen molar-refractivity contribution in [2.24, 2.45) is 0 Å². The van der Waals surface area contributed by atoms with Crippen LogP contribution < -0.4 is 0 Å². The summed E-state index contributed by atoms with van der Waals surface area (Å²) >= 11 is 0. The summed E-state index contributed by atoms with van der Waals surface area (Å²) in [5.74, 6) is 0. The van der Waals surface area contributed by atoms with Crippen molar-refractivity contribution in [3.8, 4) is 0 Å². The van der Waals surface area contributed by atoms with Gasteiger partial charge in [0.25, 0.3) is 0 Å². The monoisotopic (exact) mass is 417 g/mol. The summed E-state index contributed by atoms with van der Waals surface area (Å²) in [5.41, 5.74) is 5.52. The largest absolute Gasteiger partial charge is 0.597 e. The van der Waals surface area contributed by atoms with Crippen molar-refractivity contribution < 1.29 is 8.76 Å². The number of benzene rings is 3. The molecule has 1 unspecified atom stereocenters. The minimum atomic E-state index is -1.94. The molecule has 0 amide bonds. The zero-order valence-electron chi connectivity index (χ0n) is 18.7. The molecule has 0 aliphatic rings. The lowest BCUT2D eigenvalue weighted by molar-refractivity contribution is 0.562. The molecule has 0 N–H and O–H groups in total. The van der Waals surface area contributed by atoms with E-state index in [1.807, 2.05) is 6.07 Å². The maximum Gasteiger partial charge on any atom is 0.597 e. The molecule has 1 atom stereocenters. The van der Waals surface area contributed by atoms with Crippen LogP contribution in [0.4, 0.5) is 0 Å². The Morgan fingerprint density at radius 3 is 2.07 bits per heavy atom. The minimum Gasteiger partial charge on any atom is -0.249 e. The third-order valence-corrected chi connectivity index (χ3v) is 6.91. The second-order valence-electron chi connectivity index (χ2n) is 10.3. The van der Waals surface area contributed by atoms with E-state index < -0.39 is 7.65 Å². The molecular formula is C27H30O2P+. The molecule has 0 radical (unpaired) electrons. The molecule has 154 valence electrons. The second-order valence-corrected chi connectivity index (χ2v) is 11.4. The molecule has 4 aromatic rings. The normalized spacial score (nSPS) is 13.2. The van der Waals surface area contributed by atoms with Crippen molar-refractivity contribution in [1.82, 2.24) is 0 Å². The lowest BCUT2D eigenvalue weighted by atomic mass is 9.83. The van der Waals surface area contributed by atoms with Crippen molar-refractivity contribution >= 4 is 29.1 Å². The van der Waals surface area contributed by atoms with Gasteiger partial charge >= 0.3 is 7.65 Å². The van der Waals surface area contributed by atoms with E-state index in [2.05, 4.69) is 96.1 Å². The molecule has 0 spiro atoms. The van der Waals surface area contributed by atoms with Crippen LogP contribution in [0.2, 0.25) is 0 Å². The molecule has 3 heteroatoms. The van der Waals surface area contributed by atoms with Crippen molar-refractivity contribution in [2.45, 2.75) is 58.8 Å². The highest BCUT2D eigenvalue weighted by molar-refractivity contribution is 7.37. The molecule has 0 saturated heterocycles. The van der Waals surface area contributed by atoms with Crippen molar-refractivity contribution in [1.29, 1.82) is 0 Å². The van der Waals surface area contributed by atoms with Crippen LogP contribution in [0.25, 0.3) is 21.5 Å². The van der Waals surface area contributed by atoms with Crippen molar-refractivity contribution in [3.05, 3.63) is 82.9 Å². The van der Waals surface area contributed by atoms with Crippen LogP contribution >= 0.6 is 7.65 Å². The molecule has 0 fully saturated rings. The van der Waals surface area contributed by atoms with Gasteiger partial charge in [-0.15, -0.1) is 0 Å². The van der Waals surface area contributed by atoms with Crippen LogP contribution in [0.15, 0.2) is 64.9 Å². The first-order valence-corrected chi connectivity index (χ1v) is 11.7. The van der Waals surface area contributed by atoms with Gasteiger partial charge in [-0.2, -0.15) is 0 Å². The number of hydrogen-bond donors (Lipinski definition) is 0. The molecule has 3 aromatic carbocycles. The van der Waals surface area contributed by atoms with Crippen molar-refractivity contribution in [2.75, 3.05) is 0 Å². The highest BCUT2D eigenvalue weighted by Crippen LogP contribution is 2.41. The van der Waals surface area contributed by atoms with Gasteiger partial charge in [0, 0.05) is 22.8 Å². The molecule has 4 rings (SSSR count). The van der Waals surface area contributed by atoms with Gasteiger partial charge in [-0.25, -0.2) is 4.20 Å². The first-order valence-electron chi connectivity index (χ1n) is 10.6. The Morgan fingerprint density at radius 1 is 0.767 bits per heavy atom. The quantitative estimate of drug-likeness (QED) is 0.306. The molecule has 30 heavy (non-hydrogen) atoms. The Labute approximate surface area is 179 Å². The van der Waals surface area contributed by atoms with Gasteiger partial charge in [0.15, 0.2) is 5.58 Å². The van der Waals surface area contributed by atoms with Gasteiger partial charge in [0.05, 0.1) is 0 Å². The molecular weight excluding hydrogens is 387 g/mol. The maximum absolute atomic E-state index is 13.1. The van der Waals surface area contributed by atoms with Crippen molar-refractivity contribution in [3.63, 3.8) is 0 Å². The van der Waals surface area contributed by atoms with E-state index in [9.17, 15) is 4.57 Å². The number of hydrogen-bond acceptors (Lipinski definition) is 2. The topological polar surface area (TPSA) is 30.2 Å². The van der Waals surface area contributed by atoms with Gasteiger partial charge in [-0.3, -0.25) is 0 Å². The minimum absolute atomic E-state index is 0.00277. The lowest BCUT2D eigenvalue weighted by Crippen LogP contribution is -2.12. The Bertz CT molecular complexity index is 1290. The molecule has 2 nitrogen and oxygen atoms in total. The van der Waals surface area contributed by atoms with Gasteiger partial charge in [0.2, 0.25) is 5.12 Å². The molecule has 0 bridgehead atoms. The molecule has 0 saturated carbocycles. The molecule has 1 aromatic heterocycles. The fourth-order valence-corrected chi connectivity index (χ4v) is 5.00. The molecule has 1 heterocycles. The predicted molar refractivity (Wildman–Crippen MR) is 128 cm³/mol. The highest BCUT2D eigenvalue weighted by atomic mass is 31.1. The van der Waals surface area contributed by atoms with E-state index in [4.69, 9.17) is 4.20 Å². The second kappa shape index (κ2) is 7.36. The summed E-state index contributed by atoms with van der Waals surface area (Å²) in [6.07, 6.45) is 0.756.